The lowest BCUT2D eigenvalue weighted by atomic mass is 9.87. The highest BCUT2D eigenvalue weighted by molar-refractivity contribution is 6.11. The maximum Gasteiger partial charge on any atom is 0.275 e. The van der Waals surface area contributed by atoms with Gasteiger partial charge >= 0.3 is 0 Å². The molecule has 0 aliphatic carbocycles. The number of amides is 3. The van der Waals surface area contributed by atoms with Gasteiger partial charge in [0.1, 0.15) is 12.1 Å². The van der Waals surface area contributed by atoms with Crippen molar-refractivity contribution >= 4 is 17.7 Å². The highest BCUT2D eigenvalue weighted by atomic mass is 16.7. The minimum absolute atomic E-state index is 0.187. The zero-order chi connectivity index (χ0) is 23.3. The molecular formula is C24H33N3O5. The molecule has 0 radical (unpaired) electrons. The maximum atomic E-state index is 13.8. The standard InChI is InChI=1S/C24H33N3O5/c1-15(2)19-20(28)26-14-8-11-18(26)24(31)27(19)22(30)23(32-24,16(3)4)21(29)25-13-12-17-9-6-5-7-10-17/h5-7,9-10,15-16,18-19,31H,8,11-14H2,1-4H3,(H,25,29). The second-order valence-corrected chi connectivity index (χ2v) is 9.70. The minimum Gasteiger partial charge on any atom is -0.353 e. The lowest BCUT2D eigenvalue weighted by Gasteiger charge is -2.50. The predicted octanol–water partition coefficient (Wildman–Crippen LogP) is 1.27. The highest BCUT2D eigenvalue weighted by Gasteiger charge is 2.73. The molecule has 4 rings (SSSR count). The third kappa shape index (κ3) is 3.23. The number of nitrogens with one attached hydrogen (secondary N) is 1. The number of hydrogen-bond donors (Lipinski definition) is 2. The molecule has 1 aromatic carbocycles. The van der Waals surface area contributed by atoms with Gasteiger partial charge in [0.2, 0.25) is 11.5 Å². The monoisotopic (exact) mass is 443 g/mol. The number of carbonyl (C=O) groups is 3. The Bertz CT molecular complexity index is 904. The van der Waals surface area contributed by atoms with Crippen molar-refractivity contribution in [2.75, 3.05) is 13.1 Å². The maximum absolute atomic E-state index is 13.8. The van der Waals surface area contributed by atoms with Gasteiger partial charge in [0.05, 0.1) is 0 Å². The van der Waals surface area contributed by atoms with Crippen LogP contribution < -0.4 is 5.32 Å². The van der Waals surface area contributed by atoms with Gasteiger partial charge in [-0.25, -0.2) is 0 Å². The van der Waals surface area contributed by atoms with E-state index in [4.69, 9.17) is 4.74 Å². The Morgan fingerprint density at radius 2 is 1.91 bits per heavy atom. The fraction of sp³-hybridized carbons (Fsp3) is 0.625. The van der Waals surface area contributed by atoms with Crippen molar-refractivity contribution in [3.63, 3.8) is 0 Å². The van der Waals surface area contributed by atoms with Crippen LogP contribution in [0.5, 0.6) is 0 Å². The molecule has 3 amide bonds. The summed E-state index contributed by atoms with van der Waals surface area (Å²) >= 11 is 0. The molecule has 8 nitrogen and oxygen atoms in total. The molecule has 32 heavy (non-hydrogen) atoms. The highest BCUT2D eigenvalue weighted by Crippen LogP contribution is 2.49. The van der Waals surface area contributed by atoms with Crippen LogP contribution in [0.4, 0.5) is 0 Å². The largest absolute Gasteiger partial charge is 0.353 e. The summed E-state index contributed by atoms with van der Waals surface area (Å²) in [5.41, 5.74) is -0.828. The lowest BCUT2D eigenvalue weighted by molar-refractivity contribution is -0.316. The number of fused-ring (bicyclic) bond motifs is 3. The first-order valence-electron chi connectivity index (χ1n) is 11.5. The summed E-state index contributed by atoms with van der Waals surface area (Å²) in [7, 11) is 0. The van der Waals surface area contributed by atoms with E-state index in [1.807, 2.05) is 44.2 Å². The fourth-order valence-electron chi connectivity index (χ4n) is 5.36. The Labute approximate surface area is 188 Å². The predicted molar refractivity (Wildman–Crippen MR) is 117 cm³/mol. The molecule has 3 aliphatic heterocycles. The average Bonchev–Trinajstić information content (AvgIpc) is 3.33. The molecule has 3 aliphatic rings. The first-order valence-corrected chi connectivity index (χ1v) is 11.5. The molecule has 4 atom stereocenters. The van der Waals surface area contributed by atoms with Crippen LogP contribution in [0.25, 0.3) is 0 Å². The zero-order valence-corrected chi connectivity index (χ0v) is 19.2. The quantitative estimate of drug-likeness (QED) is 0.646. The first kappa shape index (κ1) is 22.7. The van der Waals surface area contributed by atoms with E-state index in [1.54, 1.807) is 18.7 Å². The molecule has 0 spiro atoms. The van der Waals surface area contributed by atoms with Crippen LogP contribution in [-0.4, -0.2) is 69.3 Å². The minimum atomic E-state index is -2.02. The Morgan fingerprint density at radius 1 is 1.22 bits per heavy atom. The van der Waals surface area contributed by atoms with Crippen LogP contribution in [-0.2, 0) is 25.5 Å². The Morgan fingerprint density at radius 3 is 2.53 bits per heavy atom. The summed E-state index contributed by atoms with van der Waals surface area (Å²) in [4.78, 5) is 43.3. The van der Waals surface area contributed by atoms with Crippen LogP contribution >= 0.6 is 0 Å². The number of piperazine rings is 1. The first-order chi connectivity index (χ1) is 15.1. The summed E-state index contributed by atoms with van der Waals surface area (Å²) in [6, 6.07) is 8.18. The molecule has 8 heteroatoms. The van der Waals surface area contributed by atoms with Crippen molar-refractivity contribution in [3.05, 3.63) is 35.9 Å². The second kappa shape index (κ2) is 8.15. The number of aliphatic hydroxyl groups is 1. The number of nitrogens with zero attached hydrogens (tertiary/aromatic N) is 2. The SMILES string of the molecule is CC(C)C1C(=O)N2CCCC2C2(O)OC(C(=O)NCCc3ccccc3)(C(C)C)C(=O)N12. The van der Waals surface area contributed by atoms with E-state index >= 15 is 0 Å². The smallest absolute Gasteiger partial charge is 0.275 e. The Kier molecular flexibility index (Phi) is 5.79. The van der Waals surface area contributed by atoms with E-state index in [-0.39, 0.29) is 11.8 Å². The summed E-state index contributed by atoms with van der Waals surface area (Å²) in [5.74, 6) is -4.20. The van der Waals surface area contributed by atoms with E-state index < -0.39 is 41.3 Å². The Balaban J connectivity index is 1.65. The van der Waals surface area contributed by atoms with Crippen molar-refractivity contribution in [1.29, 1.82) is 0 Å². The third-order valence-corrected chi connectivity index (χ3v) is 7.02. The van der Waals surface area contributed by atoms with Crippen LogP contribution in [0.2, 0.25) is 0 Å². The van der Waals surface area contributed by atoms with Gasteiger partial charge in [-0.05, 0) is 30.7 Å². The van der Waals surface area contributed by atoms with Gasteiger partial charge in [0.25, 0.3) is 17.7 Å². The van der Waals surface area contributed by atoms with E-state index in [1.165, 1.54) is 4.90 Å². The van der Waals surface area contributed by atoms with Crippen molar-refractivity contribution < 1.29 is 24.2 Å². The van der Waals surface area contributed by atoms with Crippen molar-refractivity contribution in [2.45, 2.75) is 70.6 Å². The molecule has 3 heterocycles. The number of ether oxygens (including phenoxy) is 1. The van der Waals surface area contributed by atoms with E-state index in [9.17, 15) is 19.5 Å². The molecule has 0 aromatic heterocycles. The topological polar surface area (TPSA) is 99.2 Å². The van der Waals surface area contributed by atoms with Gasteiger partial charge in [-0.2, -0.15) is 0 Å². The van der Waals surface area contributed by atoms with Crippen LogP contribution in [0, 0.1) is 11.8 Å². The van der Waals surface area contributed by atoms with Gasteiger partial charge in [-0.15, -0.1) is 0 Å². The molecule has 0 bridgehead atoms. The van der Waals surface area contributed by atoms with Gasteiger partial charge in [-0.1, -0.05) is 58.0 Å². The van der Waals surface area contributed by atoms with Crippen molar-refractivity contribution in [3.8, 4) is 0 Å². The van der Waals surface area contributed by atoms with Crippen molar-refractivity contribution in [2.24, 2.45) is 11.8 Å². The fourth-order valence-corrected chi connectivity index (χ4v) is 5.36. The second-order valence-electron chi connectivity index (χ2n) is 9.70. The van der Waals surface area contributed by atoms with Crippen molar-refractivity contribution in [1.82, 2.24) is 15.1 Å². The molecule has 0 saturated carbocycles. The van der Waals surface area contributed by atoms with Gasteiger partial charge < -0.3 is 20.1 Å². The molecule has 2 N–H and O–H groups in total. The summed E-state index contributed by atoms with van der Waals surface area (Å²) in [6.45, 7) is 7.97. The third-order valence-electron chi connectivity index (χ3n) is 7.02. The normalized spacial score (nSPS) is 32.0. The summed E-state index contributed by atoms with van der Waals surface area (Å²) in [5, 5.41) is 14.6. The molecular weight excluding hydrogens is 410 g/mol. The number of rotatable bonds is 6. The average molecular weight is 444 g/mol. The molecule has 4 unspecified atom stereocenters. The summed E-state index contributed by atoms with van der Waals surface area (Å²) < 4.78 is 6.15. The molecule has 1 aromatic rings. The van der Waals surface area contributed by atoms with Crippen LogP contribution in [0.1, 0.15) is 46.1 Å². The van der Waals surface area contributed by atoms with Gasteiger partial charge in [0, 0.05) is 19.0 Å². The van der Waals surface area contributed by atoms with Crippen LogP contribution in [0.3, 0.4) is 0 Å². The molecule has 3 saturated heterocycles. The van der Waals surface area contributed by atoms with E-state index in [0.29, 0.717) is 32.4 Å². The Hall–Kier alpha value is -2.45. The van der Waals surface area contributed by atoms with Crippen LogP contribution in [0.15, 0.2) is 30.3 Å². The molecule has 3 fully saturated rings. The number of benzene rings is 1. The van der Waals surface area contributed by atoms with E-state index in [0.717, 1.165) is 5.56 Å². The zero-order valence-electron chi connectivity index (χ0n) is 19.2. The number of carbonyl (C=O) groups excluding carboxylic acids is 3. The lowest BCUT2D eigenvalue weighted by Crippen LogP contribution is -2.72. The summed E-state index contributed by atoms with van der Waals surface area (Å²) in [6.07, 6.45) is 1.83. The molecule has 174 valence electrons. The van der Waals surface area contributed by atoms with Gasteiger partial charge in [0.15, 0.2) is 0 Å². The van der Waals surface area contributed by atoms with E-state index in [2.05, 4.69) is 5.32 Å². The van der Waals surface area contributed by atoms with Gasteiger partial charge in [-0.3, -0.25) is 19.3 Å². The number of hydrogen-bond acceptors (Lipinski definition) is 5.